The summed E-state index contributed by atoms with van der Waals surface area (Å²) in [4.78, 5) is 0.735. The lowest BCUT2D eigenvalue weighted by Gasteiger charge is -2.05. The fourth-order valence-electron chi connectivity index (χ4n) is 3.13. The fourth-order valence-corrected chi connectivity index (χ4v) is 4.20. The van der Waals surface area contributed by atoms with Gasteiger partial charge in [-0.15, -0.1) is 15.3 Å². The first kappa shape index (κ1) is 18.0. The van der Waals surface area contributed by atoms with Crippen molar-refractivity contribution in [2.24, 2.45) is 0 Å². The molecule has 0 unspecified atom stereocenters. The van der Waals surface area contributed by atoms with Crippen LogP contribution >= 0.6 is 22.9 Å². The molecule has 0 radical (unpaired) electrons. The number of hydrogen-bond donors (Lipinski definition) is 0. The van der Waals surface area contributed by atoms with E-state index in [0.717, 1.165) is 44.0 Å². The van der Waals surface area contributed by atoms with Gasteiger partial charge in [0.15, 0.2) is 10.8 Å². The standard InChI is InChI=1S/C20H16ClN7S/c1-12-8-9-15(11-16(12)21)27-13(2)18(23-26-27)19-25-28-17(22-24-20(28)29-19)10-14-6-4-3-5-7-14/h3-9,11H,10H2,1-2H3. The van der Waals surface area contributed by atoms with Gasteiger partial charge in [0.1, 0.15) is 5.69 Å². The molecule has 5 aromatic rings. The number of aromatic nitrogens is 7. The predicted octanol–water partition coefficient (Wildman–Crippen LogP) is 4.29. The first-order valence-electron chi connectivity index (χ1n) is 9.04. The summed E-state index contributed by atoms with van der Waals surface area (Å²) in [5, 5.41) is 23.4. The van der Waals surface area contributed by atoms with Crippen LogP contribution in [0, 0.1) is 13.8 Å². The van der Waals surface area contributed by atoms with Gasteiger partial charge >= 0.3 is 0 Å². The maximum atomic E-state index is 6.27. The highest BCUT2D eigenvalue weighted by atomic mass is 35.5. The summed E-state index contributed by atoms with van der Waals surface area (Å²) >= 11 is 7.72. The van der Waals surface area contributed by atoms with Crippen LogP contribution in [0.4, 0.5) is 0 Å². The van der Waals surface area contributed by atoms with Gasteiger partial charge < -0.3 is 0 Å². The Bertz CT molecular complexity index is 1320. The van der Waals surface area contributed by atoms with Crippen molar-refractivity contribution in [3.8, 4) is 16.4 Å². The molecule has 9 heteroatoms. The third kappa shape index (κ3) is 3.20. The monoisotopic (exact) mass is 421 g/mol. The van der Waals surface area contributed by atoms with E-state index in [-0.39, 0.29) is 0 Å². The van der Waals surface area contributed by atoms with Crippen LogP contribution in [-0.2, 0) is 6.42 Å². The van der Waals surface area contributed by atoms with Crippen molar-refractivity contribution in [3.05, 3.63) is 76.2 Å². The highest BCUT2D eigenvalue weighted by molar-refractivity contribution is 7.19. The molecule has 5 rings (SSSR count). The smallest absolute Gasteiger partial charge is 0.217 e. The largest absolute Gasteiger partial charge is 0.235 e. The zero-order valence-corrected chi connectivity index (χ0v) is 17.3. The van der Waals surface area contributed by atoms with Crippen molar-refractivity contribution >= 4 is 27.9 Å². The van der Waals surface area contributed by atoms with E-state index in [1.807, 2.05) is 50.2 Å². The quantitative estimate of drug-likeness (QED) is 0.432. The van der Waals surface area contributed by atoms with Crippen LogP contribution in [0.25, 0.3) is 21.3 Å². The van der Waals surface area contributed by atoms with Crippen LogP contribution < -0.4 is 0 Å². The summed E-state index contributed by atoms with van der Waals surface area (Å²) in [6.45, 7) is 3.94. The summed E-state index contributed by atoms with van der Waals surface area (Å²) in [5.74, 6) is 0.795. The first-order chi connectivity index (χ1) is 14.1. The van der Waals surface area contributed by atoms with Crippen molar-refractivity contribution < 1.29 is 0 Å². The Balaban J connectivity index is 1.51. The van der Waals surface area contributed by atoms with Gasteiger partial charge in [0.25, 0.3) is 0 Å². The Hall–Kier alpha value is -3.10. The minimum absolute atomic E-state index is 0.665. The van der Waals surface area contributed by atoms with Crippen LogP contribution in [0.5, 0.6) is 0 Å². The SMILES string of the molecule is Cc1ccc(-n2nnc(-c3nn4c(Cc5ccccc5)nnc4s3)c2C)cc1Cl. The molecule has 0 aliphatic heterocycles. The molecule has 0 spiro atoms. The minimum Gasteiger partial charge on any atom is -0.217 e. The van der Waals surface area contributed by atoms with Crippen molar-refractivity contribution in [1.82, 2.24) is 34.8 Å². The van der Waals surface area contributed by atoms with E-state index >= 15 is 0 Å². The summed E-state index contributed by atoms with van der Waals surface area (Å²) in [7, 11) is 0. The van der Waals surface area contributed by atoms with Gasteiger partial charge in [-0.05, 0) is 37.1 Å². The second-order valence-electron chi connectivity index (χ2n) is 6.75. The van der Waals surface area contributed by atoms with Crippen LogP contribution in [0.3, 0.4) is 0 Å². The van der Waals surface area contributed by atoms with Gasteiger partial charge in [0, 0.05) is 11.4 Å². The summed E-state index contributed by atoms with van der Waals surface area (Å²) in [6.07, 6.45) is 0.665. The molecule has 0 aliphatic carbocycles. The van der Waals surface area contributed by atoms with Gasteiger partial charge in [-0.3, -0.25) is 0 Å². The Morgan fingerprint density at radius 3 is 2.62 bits per heavy atom. The normalized spacial score (nSPS) is 11.4. The van der Waals surface area contributed by atoms with E-state index in [2.05, 4.69) is 32.6 Å². The molecule has 0 N–H and O–H groups in total. The van der Waals surface area contributed by atoms with Crippen molar-refractivity contribution in [2.75, 3.05) is 0 Å². The zero-order valence-electron chi connectivity index (χ0n) is 15.7. The Morgan fingerprint density at radius 1 is 1.00 bits per heavy atom. The van der Waals surface area contributed by atoms with Gasteiger partial charge in [-0.1, -0.05) is 64.5 Å². The lowest BCUT2D eigenvalue weighted by Crippen LogP contribution is -2.00. The van der Waals surface area contributed by atoms with E-state index in [0.29, 0.717) is 11.4 Å². The second-order valence-corrected chi connectivity index (χ2v) is 8.11. The number of benzene rings is 2. The number of nitrogens with zero attached hydrogens (tertiary/aromatic N) is 7. The lowest BCUT2D eigenvalue weighted by molar-refractivity contribution is 0.785. The molecule has 0 aliphatic rings. The molecule has 29 heavy (non-hydrogen) atoms. The van der Waals surface area contributed by atoms with Gasteiger partial charge in [-0.25, -0.2) is 4.68 Å². The highest BCUT2D eigenvalue weighted by Crippen LogP contribution is 2.28. The molecule has 0 atom stereocenters. The van der Waals surface area contributed by atoms with Crippen LogP contribution in [0.2, 0.25) is 5.02 Å². The Kier molecular flexibility index (Phi) is 4.37. The highest BCUT2D eigenvalue weighted by Gasteiger charge is 2.19. The third-order valence-electron chi connectivity index (χ3n) is 4.76. The topological polar surface area (TPSA) is 73.8 Å². The van der Waals surface area contributed by atoms with E-state index in [1.165, 1.54) is 11.3 Å². The lowest BCUT2D eigenvalue weighted by atomic mass is 10.1. The van der Waals surface area contributed by atoms with E-state index in [9.17, 15) is 0 Å². The van der Waals surface area contributed by atoms with Crippen molar-refractivity contribution in [1.29, 1.82) is 0 Å². The van der Waals surface area contributed by atoms with Crippen molar-refractivity contribution in [2.45, 2.75) is 20.3 Å². The summed E-state index contributed by atoms with van der Waals surface area (Å²) in [5.41, 5.74) is 4.66. The Morgan fingerprint density at radius 2 is 1.83 bits per heavy atom. The van der Waals surface area contributed by atoms with Gasteiger partial charge in [-0.2, -0.15) is 9.61 Å². The summed E-state index contributed by atoms with van der Waals surface area (Å²) < 4.78 is 3.56. The molecular formula is C20H16ClN7S. The molecule has 0 saturated carbocycles. The molecule has 3 aromatic heterocycles. The van der Waals surface area contributed by atoms with Crippen LogP contribution in [-0.4, -0.2) is 34.8 Å². The van der Waals surface area contributed by atoms with Crippen molar-refractivity contribution in [3.63, 3.8) is 0 Å². The molecule has 0 fully saturated rings. The molecule has 2 aromatic carbocycles. The molecule has 144 valence electrons. The predicted molar refractivity (Wildman–Crippen MR) is 113 cm³/mol. The van der Waals surface area contributed by atoms with Gasteiger partial charge in [0.05, 0.1) is 11.4 Å². The molecule has 3 heterocycles. The zero-order chi connectivity index (χ0) is 20.0. The Labute approximate surface area is 175 Å². The molecule has 7 nitrogen and oxygen atoms in total. The van der Waals surface area contributed by atoms with Gasteiger partial charge in [0.2, 0.25) is 4.96 Å². The molecular weight excluding hydrogens is 406 g/mol. The number of rotatable bonds is 4. The maximum absolute atomic E-state index is 6.27. The third-order valence-corrected chi connectivity index (χ3v) is 6.07. The second kappa shape index (κ2) is 7.06. The van der Waals surface area contributed by atoms with E-state index in [4.69, 9.17) is 16.7 Å². The average molecular weight is 422 g/mol. The van der Waals surface area contributed by atoms with E-state index < -0.39 is 0 Å². The molecule has 0 saturated heterocycles. The minimum atomic E-state index is 0.665. The number of fused-ring (bicyclic) bond motifs is 1. The average Bonchev–Trinajstić information content (AvgIpc) is 3.40. The number of aryl methyl sites for hydroxylation is 1. The number of hydrogen-bond acceptors (Lipinski definition) is 6. The van der Waals surface area contributed by atoms with E-state index in [1.54, 1.807) is 9.20 Å². The maximum Gasteiger partial charge on any atom is 0.235 e. The van der Waals surface area contributed by atoms with Crippen LogP contribution in [0.15, 0.2) is 48.5 Å². The first-order valence-corrected chi connectivity index (χ1v) is 10.2. The molecule has 0 bridgehead atoms. The molecule has 0 amide bonds. The summed E-state index contributed by atoms with van der Waals surface area (Å²) in [6, 6.07) is 16.0. The number of halogens is 1. The van der Waals surface area contributed by atoms with Crippen LogP contribution in [0.1, 0.15) is 22.6 Å². The fraction of sp³-hybridized carbons (Fsp3) is 0.150.